The molecule has 1 aliphatic rings. The van der Waals surface area contributed by atoms with E-state index in [1.54, 1.807) is 18.2 Å². The zero-order valence-corrected chi connectivity index (χ0v) is 16.0. The molecule has 0 radical (unpaired) electrons. The molecule has 2 aromatic carbocycles. The summed E-state index contributed by atoms with van der Waals surface area (Å²) in [7, 11) is 0. The lowest BCUT2D eigenvalue weighted by Gasteiger charge is -2.10. The average Bonchev–Trinajstić information content (AvgIpc) is 3.18. The molecule has 0 spiro atoms. The van der Waals surface area contributed by atoms with Crippen molar-refractivity contribution in [2.45, 2.75) is 26.2 Å². The fraction of sp³-hybridized carbons (Fsp3) is 0.238. The first kappa shape index (κ1) is 19.9. The van der Waals surface area contributed by atoms with E-state index < -0.39 is 10.8 Å². The summed E-state index contributed by atoms with van der Waals surface area (Å²) in [6, 6.07) is 11.8. The molecule has 0 aromatic heterocycles. The third-order valence-electron chi connectivity index (χ3n) is 4.73. The summed E-state index contributed by atoms with van der Waals surface area (Å²) in [5.41, 5.74) is 1.21. The smallest absolute Gasteiger partial charge is 0.280 e. The van der Waals surface area contributed by atoms with Gasteiger partial charge < -0.3 is 14.8 Å². The van der Waals surface area contributed by atoms with Crippen molar-refractivity contribution in [2.24, 2.45) is 0 Å². The van der Waals surface area contributed by atoms with Crippen molar-refractivity contribution in [3.63, 3.8) is 0 Å². The van der Waals surface area contributed by atoms with Crippen molar-refractivity contribution in [3.8, 4) is 17.6 Å². The van der Waals surface area contributed by atoms with Gasteiger partial charge in [-0.15, -0.1) is 0 Å². The van der Waals surface area contributed by atoms with Crippen LogP contribution < -0.4 is 14.8 Å². The predicted molar refractivity (Wildman–Crippen MR) is 107 cm³/mol. The molecule has 8 heteroatoms. The Hall–Kier alpha value is -3.86. The molecule has 2 aromatic rings. The van der Waals surface area contributed by atoms with Crippen LogP contribution in [-0.4, -0.2) is 17.6 Å². The minimum absolute atomic E-state index is 0.0438. The lowest BCUT2D eigenvalue weighted by molar-refractivity contribution is -0.385. The van der Waals surface area contributed by atoms with Gasteiger partial charge in [-0.3, -0.25) is 14.9 Å². The van der Waals surface area contributed by atoms with Crippen LogP contribution in [0.3, 0.4) is 0 Å². The molecule has 1 unspecified atom stereocenters. The van der Waals surface area contributed by atoms with Crippen LogP contribution in [0.1, 0.15) is 37.3 Å². The Labute approximate surface area is 167 Å². The summed E-state index contributed by atoms with van der Waals surface area (Å²) < 4.78 is 10.4. The largest absolute Gasteiger partial charge is 0.454 e. The Balaban J connectivity index is 1.86. The van der Waals surface area contributed by atoms with E-state index in [1.165, 1.54) is 18.2 Å². The maximum atomic E-state index is 12.5. The second-order valence-electron chi connectivity index (χ2n) is 6.58. The number of nitriles is 1. The number of nitro groups is 1. The van der Waals surface area contributed by atoms with E-state index >= 15 is 0 Å². The number of nitrogens with one attached hydrogen (secondary N) is 1. The van der Waals surface area contributed by atoms with Crippen molar-refractivity contribution in [1.29, 1.82) is 5.26 Å². The summed E-state index contributed by atoms with van der Waals surface area (Å²) >= 11 is 0. The highest BCUT2D eigenvalue weighted by Crippen LogP contribution is 2.38. The van der Waals surface area contributed by atoms with E-state index in [0.717, 1.165) is 12.0 Å². The topological polar surface area (TPSA) is 114 Å². The van der Waals surface area contributed by atoms with Gasteiger partial charge in [-0.05, 0) is 42.2 Å². The number of fused-ring (bicyclic) bond motifs is 1. The first-order valence-electron chi connectivity index (χ1n) is 9.04. The normalized spacial score (nSPS) is 13.5. The number of carbonyl (C=O) groups excluding carboxylic acids is 1. The number of nitrogens with zero attached hydrogens (tertiary/aromatic N) is 2. The van der Waals surface area contributed by atoms with Gasteiger partial charge in [0.2, 0.25) is 6.79 Å². The highest BCUT2D eigenvalue weighted by molar-refractivity contribution is 6.10. The fourth-order valence-corrected chi connectivity index (χ4v) is 2.85. The highest BCUT2D eigenvalue weighted by Gasteiger charge is 2.23. The standard InChI is InChI=1S/C21H19N3O5/c1-3-13(2)14-4-6-17(7-5-14)23-21(25)16(11-22)8-15-9-19-20(29-12-28-19)10-18(15)24(26)27/h4-10,13H,3,12H2,1-2H3,(H,23,25)/b16-8+. The summed E-state index contributed by atoms with van der Waals surface area (Å²) in [6.07, 6.45) is 2.17. The van der Waals surface area contributed by atoms with Gasteiger partial charge in [-0.2, -0.15) is 5.26 Å². The lowest BCUT2D eigenvalue weighted by atomic mass is 9.98. The lowest BCUT2D eigenvalue weighted by Crippen LogP contribution is -2.13. The molecule has 0 saturated carbocycles. The van der Waals surface area contributed by atoms with Gasteiger partial charge in [0.1, 0.15) is 11.6 Å². The van der Waals surface area contributed by atoms with Crippen LogP contribution in [0.5, 0.6) is 11.5 Å². The van der Waals surface area contributed by atoms with Crippen LogP contribution in [0, 0.1) is 21.4 Å². The van der Waals surface area contributed by atoms with Crippen LogP contribution in [0.25, 0.3) is 6.08 Å². The fourth-order valence-electron chi connectivity index (χ4n) is 2.85. The van der Waals surface area contributed by atoms with E-state index in [4.69, 9.17) is 9.47 Å². The third-order valence-corrected chi connectivity index (χ3v) is 4.73. The van der Waals surface area contributed by atoms with Crippen molar-refractivity contribution >= 4 is 23.4 Å². The summed E-state index contributed by atoms with van der Waals surface area (Å²) in [5, 5.41) is 23.4. The van der Waals surface area contributed by atoms with Gasteiger partial charge in [-0.1, -0.05) is 26.0 Å². The van der Waals surface area contributed by atoms with Crippen LogP contribution >= 0.6 is 0 Å². The summed E-state index contributed by atoms with van der Waals surface area (Å²) in [4.78, 5) is 23.3. The highest BCUT2D eigenvalue weighted by atomic mass is 16.7. The van der Waals surface area contributed by atoms with Gasteiger partial charge in [-0.25, -0.2) is 0 Å². The zero-order valence-electron chi connectivity index (χ0n) is 16.0. The second-order valence-corrected chi connectivity index (χ2v) is 6.58. The Bertz CT molecular complexity index is 1020. The molecule has 148 valence electrons. The molecule has 1 heterocycles. The van der Waals surface area contributed by atoms with Crippen molar-refractivity contribution in [2.75, 3.05) is 12.1 Å². The van der Waals surface area contributed by atoms with Crippen molar-refractivity contribution in [1.82, 2.24) is 0 Å². The molecule has 8 nitrogen and oxygen atoms in total. The van der Waals surface area contributed by atoms with E-state index in [2.05, 4.69) is 19.2 Å². The number of amides is 1. The molecule has 29 heavy (non-hydrogen) atoms. The van der Waals surface area contributed by atoms with E-state index in [-0.39, 0.29) is 29.4 Å². The SMILES string of the molecule is CCC(C)c1ccc(NC(=O)/C(C#N)=C/c2cc3c(cc2[N+](=O)[O-])OCO3)cc1. The number of hydrogen-bond donors (Lipinski definition) is 1. The first-order valence-corrected chi connectivity index (χ1v) is 9.04. The first-order chi connectivity index (χ1) is 13.9. The van der Waals surface area contributed by atoms with E-state index in [0.29, 0.717) is 17.4 Å². The monoisotopic (exact) mass is 393 g/mol. The predicted octanol–water partition coefficient (Wildman–Crippen LogP) is 4.38. The number of ether oxygens (including phenoxy) is 2. The van der Waals surface area contributed by atoms with Gasteiger partial charge >= 0.3 is 0 Å². The van der Waals surface area contributed by atoms with Crippen molar-refractivity contribution in [3.05, 3.63) is 63.2 Å². The molecule has 1 amide bonds. The number of hydrogen-bond acceptors (Lipinski definition) is 6. The van der Waals surface area contributed by atoms with E-state index in [1.807, 2.05) is 12.1 Å². The summed E-state index contributed by atoms with van der Waals surface area (Å²) in [5.74, 6) is 0.315. The Kier molecular flexibility index (Phi) is 5.79. The number of anilines is 1. The molecule has 3 rings (SSSR count). The average molecular weight is 393 g/mol. The molecular formula is C21H19N3O5. The maximum Gasteiger partial charge on any atom is 0.280 e. The number of nitro benzene ring substituents is 1. The Morgan fingerprint density at radius 3 is 2.55 bits per heavy atom. The number of benzene rings is 2. The van der Waals surface area contributed by atoms with Crippen LogP contribution in [0.2, 0.25) is 0 Å². The Morgan fingerprint density at radius 2 is 1.97 bits per heavy atom. The zero-order chi connectivity index (χ0) is 21.0. The van der Waals surface area contributed by atoms with Gasteiger partial charge in [0.25, 0.3) is 11.6 Å². The molecular weight excluding hydrogens is 374 g/mol. The molecule has 1 N–H and O–H groups in total. The number of carbonyl (C=O) groups is 1. The molecule has 1 atom stereocenters. The third kappa shape index (κ3) is 4.35. The quantitative estimate of drug-likeness (QED) is 0.337. The Morgan fingerprint density at radius 1 is 1.31 bits per heavy atom. The van der Waals surface area contributed by atoms with Crippen LogP contribution in [0.15, 0.2) is 42.0 Å². The van der Waals surface area contributed by atoms with Gasteiger partial charge in [0.05, 0.1) is 16.6 Å². The minimum atomic E-state index is -0.657. The molecule has 0 fully saturated rings. The van der Waals surface area contributed by atoms with Crippen LogP contribution in [0.4, 0.5) is 11.4 Å². The molecule has 0 aliphatic carbocycles. The molecule has 1 aliphatic heterocycles. The van der Waals surface area contributed by atoms with Gasteiger partial charge in [0, 0.05) is 5.69 Å². The van der Waals surface area contributed by atoms with E-state index in [9.17, 15) is 20.2 Å². The molecule has 0 saturated heterocycles. The van der Waals surface area contributed by atoms with Gasteiger partial charge in [0.15, 0.2) is 11.5 Å². The van der Waals surface area contributed by atoms with Crippen LogP contribution in [-0.2, 0) is 4.79 Å². The molecule has 0 bridgehead atoms. The number of rotatable bonds is 6. The minimum Gasteiger partial charge on any atom is -0.454 e. The maximum absolute atomic E-state index is 12.5. The summed E-state index contributed by atoms with van der Waals surface area (Å²) in [6.45, 7) is 4.17. The van der Waals surface area contributed by atoms with Crippen molar-refractivity contribution < 1.29 is 19.2 Å². The second kappa shape index (κ2) is 8.44.